The van der Waals surface area contributed by atoms with Crippen LogP contribution in [0.3, 0.4) is 0 Å². The molecule has 3 N–H and O–H groups in total. The lowest BCUT2D eigenvalue weighted by atomic mass is 10.0. The predicted molar refractivity (Wildman–Crippen MR) is 116 cm³/mol. The summed E-state index contributed by atoms with van der Waals surface area (Å²) in [6, 6.07) is 12.9. The third-order valence-electron chi connectivity index (χ3n) is 5.22. The second kappa shape index (κ2) is 8.89. The number of aliphatic imine (C=N–C) groups is 2. The monoisotopic (exact) mass is 395 g/mol. The van der Waals surface area contributed by atoms with Crippen molar-refractivity contribution in [3.8, 4) is 0 Å². The van der Waals surface area contributed by atoms with E-state index < -0.39 is 0 Å². The molecular weight excluding hydrogens is 366 g/mol. The van der Waals surface area contributed by atoms with E-state index in [1.165, 1.54) is 5.56 Å². The van der Waals surface area contributed by atoms with E-state index in [-0.39, 0.29) is 13.5 Å². The third-order valence-corrected chi connectivity index (χ3v) is 5.22. The average Bonchev–Trinajstić information content (AvgIpc) is 2.75. The Hall–Kier alpha value is -3.16. The van der Waals surface area contributed by atoms with Gasteiger partial charge in [-0.3, -0.25) is 5.32 Å². The predicted octanol–water partition coefficient (Wildman–Crippen LogP) is 2.42. The highest BCUT2D eigenvalue weighted by atomic mass is 16.5. The average molecular weight is 396 g/mol. The number of guanidine groups is 1. The molecule has 0 saturated carbocycles. The van der Waals surface area contributed by atoms with Gasteiger partial charge in [-0.05, 0) is 25.3 Å². The molecule has 1 aromatic heterocycles. The number of ether oxygens (including phenoxy) is 1. The fourth-order valence-corrected chi connectivity index (χ4v) is 3.67. The van der Waals surface area contributed by atoms with E-state index in [9.17, 15) is 0 Å². The fraction of sp³-hybridized carbons (Fsp3) is 0.429. The standard InChI is InChI=1S/C21H27N7O.H2/c1-15-13-19(24-14-23-15)28-10-7-17(8-11-28)25-20(22)27-21-26-18(9-12-29-21)16-5-3-2-4-6-16;/h2-6,13-14,17-18H,7-12H2,1H3,(H3,22,25,26,27);1H. The summed E-state index contributed by atoms with van der Waals surface area (Å²) in [6.45, 7) is 4.37. The number of rotatable bonds is 3. The molecule has 1 saturated heterocycles. The number of benzene rings is 1. The van der Waals surface area contributed by atoms with Crippen LogP contribution in [0.25, 0.3) is 0 Å². The molecule has 29 heavy (non-hydrogen) atoms. The number of piperidine rings is 1. The van der Waals surface area contributed by atoms with Gasteiger partial charge in [-0.1, -0.05) is 30.3 Å². The maximum absolute atomic E-state index is 6.13. The van der Waals surface area contributed by atoms with Crippen molar-refractivity contribution in [2.45, 2.75) is 38.3 Å². The number of anilines is 1. The summed E-state index contributed by atoms with van der Waals surface area (Å²) < 4.78 is 5.63. The van der Waals surface area contributed by atoms with E-state index in [4.69, 9.17) is 10.5 Å². The van der Waals surface area contributed by atoms with E-state index in [1.807, 2.05) is 31.2 Å². The van der Waals surface area contributed by atoms with Gasteiger partial charge in [0.05, 0.1) is 18.7 Å². The van der Waals surface area contributed by atoms with Crippen LogP contribution < -0.4 is 16.0 Å². The van der Waals surface area contributed by atoms with Crippen molar-refractivity contribution in [1.29, 1.82) is 0 Å². The summed E-state index contributed by atoms with van der Waals surface area (Å²) in [6.07, 6.45) is 4.31. The fourth-order valence-electron chi connectivity index (χ4n) is 3.67. The van der Waals surface area contributed by atoms with Gasteiger partial charge in [-0.2, -0.15) is 0 Å². The van der Waals surface area contributed by atoms with Gasteiger partial charge in [0.1, 0.15) is 12.1 Å². The number of hydrogen-bond acceptors (Lipinski definition) is 6. The maximum Gasteiger partial charge on any atom is 0.292 e. The summed E-state index contributed by atoms with van der Waals surface area (Å²) >= 11 is 0. The van der Waals surface area contributed by atoms with Gasteiger partial charge in [0.15, 0.2) is 5.96 Å². The molecule has 8 heteroatoms. The number of hydrogen-bond donors (Lipinski definition) is 2. The summed E-state index contributed by atoms with van der Waals surface area (Å²) in [4.78, 5) is 20.1. The molecule has 1 fully saturated rings. The lowest BCUT2D eigenvalue weighted by Gasteiger charge is -2.31. The highest BCUT2D eigenvalue weighted by Gasteiger charge is 2.21. The molecular formula is C21H29N7O. The van der Waals surface area contributed by atoms with E-state index in [0.29, 0.717) is 18.6 Å². The van der Waals surface area contributed by atoms with E-state index in [1.54, 1.807) is 6.33 Å². The second-order valence-corrected chi connectivity index (χ2v) is 7.37. The number of amidine groups is 1. The Kier molecular flexibility index (Phi) is 5.88. The van der Waals surface area contributed by atoms with Crippen molar-refractivity contribution in [2.24, 2.45) is 15.7 Å². The first kappa shape index (κ1) is 19.2. The Morgan fingerprint density at radius 3 is 2.76 bits per heavy atom. The van der Waals surface area contributed by atoms with Crippen molar-refractivity contribution in [3.63, 3.8) is 0 Å². The van der Waals surface area contributed by atoms with Crippen LogP contribution >= 0.6 is 0 Å². The highest BCUT2D eigenvalue weighted by Crippen LogP contribution is 2.24. The van der Waals surface area contributed by atoms with Crippen molar-refractivity contribution in [1.82, 2.24) is 15.3 Å². The van der Waals surface area contributed by atoms with E-state index in [0.717, 1.165) is 43.9 Å². The van der Waals surface area contributed by atoms with E-state index >= 15 is 0 Å². The Morgan fingerprint density at radius 2 is 2.00 bits per heavy atom. The molecule has 4 rings (SSSR count). The minimum atomic E-state index is 0. The molecule has 2 aliphatic rings. The number of nitrogens with zero attached hydrogens (tertiary/aromatic N) is 5. The quantitative estimate of drug-likeness (QED) is 0.611. The van der Waals surface area contributed by atoms with Crippen LogP contribution in [0.2, 0.25) is 0 Å². The number of nitrogens with two attached hydrogens (primary N) is 1. The topological polar surface area (TPSA) is 101 Å². The molecule has 0 spiro atoms. The Balaban J connectivity index is 0.00000256. The zero-order valence-corrected chi connectivity index (χ0v) is 16.7. The first-order valence-corrected chi connectivity index (χ1v) is 10.1. The second-order valence-electron chi connectivity index (χ2n) is 7.37. The maximum atomic E-state index is 6.13. The zero-order valence-electron chi connectivity index (χ0n) is 16.7. The largest absolute Gasteiger partial charge is 0.465 e. The van der Waals surface area contributed by atoms with Crippen molar-refractivity contribution in [2.75, 3.05) is 24.6 Å². The van der Waals surface area contributed by atoms with E-state index in [2.05, 4.69) is 42.3 Å². The molecule has 0 radical (unpaired) electrons. The van der Waals surface area contributed by atoms with Crippen molar-refractivity contribution in [3.05, 3.63) is 54.0 Å². The summed E-state index contributed by atoms with van der Waals surface area (Å²) in [5.41, 5.74) is 8.29. The third kappa shape index (κ3) is 5.01. The van der Waals surface area contributed by atoms with Crippen LogP contribution in [0.15, 0.2) is 52.7 Å². The van der Waals surface area contributed by atoms with Crippen LogP contribution in [-0.4, -0.2) is 47.7 Å². The Labute approximate surface area is 172 Å². The molecule has 1 aromatic carbocycles. The summed E-state index contributed by atoms with van der Waals surface area (Å²) in [7, 11) is 0. The van der Waals surface area contributed by atoms with Gasteiger partial charge in [0.2, 0.25) is 0 Å². The minimum absolute atomic E-state index is 0. The van der Waals surface area contributed by atoms with Crippen LogP contribution in [0.5, 0.6) is 0 Å². The molecule has 1 unspecified atom stereocenters. The normalized spacial score (nSPS) is 20.7. The summed E-state index contributed by atoms with van der Waals surface area (Å²) in [5, 5.41) is 3.04. The minimum Gasteiger partial charge on any atom is -0.465 e. The lowest BCUT2D eigenvalue weighted by molar-refractivity contribution is 0.251. The molecule has 154 valence electrons. The van der Waals surface area contributed by atoms with Crippen molar-refractivity contribution >= 4 is 17.8 Å². The van der Waals surface area contributed by atoms with Gasteiger partial charge in [0, 0.05) is 32.7 Å². The number of nitrogens with one attached hydrogen (secondary N) is 1. The first-order valence-electron chi connectivity index (χ1n) is 10.1. The lowest BCUT2D eigenvalue weighted by Crippen LogP contribution is -2.42. The van der Waals surface area contributed by atoms with Crippen LogP contribution in [0.4, 0.5) is 5.82 Å². The van der Waals surface area contributed by atoms with Gasteiger partial charge in [-0.25, -0.2) is 20.0 Å². The molecule has 1 atom stereocenters. The highest BCUT2D eigenvalue weighted by molar-refractivity contribution is 5.95. The SMILES string of the molecule is Cc1cc(N2CCC(N=C(N)NC3=NC(c4ccccc4)CCO3)CC2)ncn1.[HH]. The zero-order chi connectivity index (χ0) is 20.1. The van der Waals surface area contributed by atoms with Crippen LogP contribution in [0, 0.1) is 6.92 Å². The number of aromatic nitrogens is 2. The van der Waals surface area contributed by atoms with Gasteiger partial charge in [-0.15, -0.1) is 0 Å². The summed E-state index contributed by atoms with van der Waals surface area (Å²) in [5.74, 6) is 1.33. The van der Waals surface area contributed by atoms with Gasteiger partial charge >= 0.3 is 0 Å². The van der Waals surface area contributed by atoms with Crippen LogP contribution in [0.1, 0.15) is 38.0 Å². The van der Waals surface area contributed by atoms with Gasteiger partial charge in [0.25, 0.3) is 6.02 Å². The molecule has 0 amide bonds. The van der Waals surface area contributed by atoms with Gasteiger partial charge < -0.3 is 15.4 Å². The smallest absolute Gasteiger partial charge is 0.292 e. The Morgan fingerprint density at radius 1 is 1.21 bits per heavy atom. The first-order chi connectivity index (χ1) is 14.2. The van der Waals surface area contributed by atoms with Crippen LogP contribution in [-0.2, 0) is 4.74 Å². The Bertz CT molecular complexity index is 882. The molecule has 2 aromatic rings. The number of aryl methyl sites for hydroxylation is 1. The molecule has 2 aliphatic heterocycles. The van der Waals surface area contributed by atoms with Crippen molar-refractivity contribution < 1.29 is 6.16 Å². The molecule has 8 nitrogen and oxygen atoms in total. The molecule has 0 bridgehead atoms. The molecule has 0 aliphatic carbocycles. The molecule has 3 heterocycles.